The van der Waals surface area contributed by atoms with E-state index in [2.05, 4.69) is 21.7 Å². The van der Waals surface area contributed by atoms with Gasteiger partial charge < -0.3 is 5.32 Å². The average molecular weight is 397 g/mol. The largest absolute Gasteiger partial charge is 0.351 e. The van der Waals surface area contributed by atoms with E-state index >= 15 is 0 Å². The standard InChI is InChI=1S/C22H21ClN2OS/c23-19-7-5-18(6-8-19)22(10-1-2-11-22)21(26)25-14-16-4-3-12-24-20(16)17-9-13-27-15-17/h3-9,12-13,15H,1-2,10-11,14H2,(H,25,26). The maximum Gasteiger partial charge on any atom is 0.230 e. The van der Waals surface area contributed by atoms with E-state index in [0.717, 1.165) is 48.1 Å². The quantitative estimate of drug-likeness (QED) is 0.610. The zero-order chi connectivity index (χ0) is 18.7. The van der Waals surface area contributed by atoms with Crippen molar-refractivity contribution in [3.05, 3.63) is 75.6 Å². The van der Waals surface area contributed by atoms with Crippen molar-refractivity contribution in [3.8, 4) is 11.3 Å². The zero-order valence-corrected chi connectivity index (χ0v) is 16.5. The molecule has 0 saturated heterocycles. The van der Waals surface area contributed by atoms with Gasteiger partial charge in [0.1, 0.15) is 0 Å². The smallest absolute Gasteiger partial charge is 0.230 e. The Labute approximate surface area is 168 Å². The molecule has 1 N–H and O–H groups in total. The number of nitrogens with zero attached hydrogens (tertiary/aromatic N) is 1. The third kappa shape index (κ3) is 3.64. The lowest BCUT2D eigenvalue weighted by Crippen LogP contribution is -2.42. The van der Waals surface area contributed by atoms with Gasteiger partial charge in [0, 0.05) is 28.7 Å². The van der Waals surface area contributed by atoms with Crippen molar-refractivity contribution in [3.63, 3.8) is 0 Å². The number of rotatable bonds is 5. The van der Waals surface area contributed by atoms with Crippen LogP contribution in [0.15, 0.2) is 59.4 Å². The number of carbonyl (C=O) groups excluding carboxylic acids is 1. The number of aromatic nitrogens is 1. The normalized spacial score (nSPS) is 15.6. The minimum Gasteiger partial charge on any atom is -0.351 e. The number of pyridine rings is 1. The third-order valence-corrected chi connectivity index (χ3v) is 6.35. The minimum absolute atomic E-state index is 0.0995. The van der Waals surface area contributed by atoms with Gasteiger partial charge >= 0.3 is 0 Å². The van der Waals surface area contributed by atoms with Gasteiger partial charge in [0.05, 0.1) is 11.1 Å². The molecule has 2 aromatic heterocycles. The Morgan fingerprint density at radius 2 is 1.93 bits per heavy atom. The molecule has 1 aliphatic rings. The summed E-state index contributed by atoms with van der Waals surface area (Å²) in [6, 6.07) is 13.7. The second kappa shape index (κ2) is 7.83. The lowest BCUT2D eigenvalue weighted by Gasteiger charge is -2.28. The summed E-state index contributed by atoms with van der Waals surface area (Å²) in [5.41, 5.74) is 3.68. The summed E-state index contributed by atoms with van der Waals surface area (Å²) in [4.78, 5) is 17.8. The van der Waals surface area contributed by atoms with Crippen LogP contribution in [0.1, 0.15) is 36.8 Å². The molecule has 138 valence electrons. The second-order valence-electron chi connectivity index (χ2n) is 7.00. The fraction of sp³-hybridized carbons (Fsp3) is 0.273. The Morgan fingerprint density at radius 1 is 1.15 bits per heavy atom. The third-order valence-electron chi connectivity index (χ3n) is 5.41. The van der Waals surface area contributed by atoms with Gasteiger partial charge in [-0.2, -0.15) is 11.3 Å². The van der Waals surface area contributed by atoms with Gasteiger partial charge in [-0.3, -0.25) is 9.78 Å². The van der Waals surface area contributed by atoms with E-state index < -0.39 is 5.41 Å². The first-order chi connectivity index (χ1) is 13.2. The molecular weight excluding hydrogens is 376 g/mol. The molecule has 1 aromatic carbocycles. The van der Waals surface area contributed by atoms with E-state index in [4.69, 9.17) is 11.6 Å². The summed E-state index contributed by atoms with van der Waals surface area (Å²) >= 11 is 7.69. The van der Waals surface area contributed by atoms with Gasteiger partial charge in [-0.25, -0.2) is 0 Å². The molecule has 27 heavy (non-hydrogen) atoms. The molecule has 5 heteroatoms. The molecule has 1 fully saturated rings. The van der Waals surface area contributed by atoms with Crippen LogP contribution in [0.25, 0.3) is 11.3 Å². The van der Waals surface area contributed by atoms with Crippen LogP contribution in [0.2, 0.25) is 5.02 Å². The Bertz CT molecular complexity index is 916. The van der Waals surface area contributed by atoms with Crippen molar-refractivity contribution in [2.75, 3.05) is 0 Å². The Balaban J connectivity index is 1.56. The van der Waals surface area contributed by atoms with Gasteiger partial charge in [0.25, 0.3) is 0 Å². The number of hydrogen-bond donors (Lipinski definition) is 1. The van der Waals surface area contributed by atoms with Gasteiger partial charge in [0.15, 0.2) is 0 Å². The number of amides is 1. The lowest BCUT2D eigenvalue weighted by molar-refractivity contribution is -0.126. The van der Waals surface area contributed by atoms with Crippen LogP contribution in [0.5, 0.6) is 0 Å². The maximum absolute atomic E-state index is 13.3. The van der Waals surface area contributed by atoms with Crippen molar-refractivity contribution in [2.45, 2.75) is 37.6 Å². The molecule has 3 nitrogen and oxygen atoms in total. The fourth-order valence-corrected chi connectivity index (χ4v) is 4.75. The van der Waals surface area contributed by atoms with Crippen LogP contribution >= 0.6 is 22.9 Å². The van der Waals surface area contributed by atoms with Gasteiger partial charge in [-0.05, 0) is 53.6 Å². The van der Waals surface area contributed by atoms with Crippen LogP contribution in [0.3, 0.4) is 0 Å². The van der Waals surface area contributed by atoms with E-state index in [1.165, 1.54) is 0 Å². The van der Waals surface area contributed by atoms with Crippen LogP contribution in [-0.2, 0) is 16.8 Å². The molecule has 4 rings (SSSR count). The van der Waals surface area contributed by atoms with Crippen molar-refractivity contribution in [2.24, 2.45) is 0 Å². The lowest BCUT2D eigenvalue weighted by atomic mass is 9.78. The summed E-state index contributed by atoms with van der Waals surface area (Å²) in [5.74, 6) is 0.0995. The van der Waals surface area contributed by atoms with E-state index in [0.29, 0.717) is 11.6 Å². The number of carbonyl (C=O) groups is 1. The van der Waals surface area contributed by atoms with Crippen LogP contribution in [0.4, 0.5) is 0 Å². The highest BCUT2D eigenvalue weighted by Gasteiger charge is 2.42. The Kier molecular flexibility index (Phi) is 5.28. The first-order valence-corrected chi connectivity index (χ1v) is 10.5. The number of nitrogens with one attached hydrogen (secondary N) is 1. The highest BCUT2D eigenvalue weighted by molar-refractivity contribution is 7.08. The van der Waals surface area contributed by atoms with Crippen molar-refractivity contribution in [1.29, 1.82) is 0 Å². The van der Waals surface area contributed by atoms with E-state index in [-0.39, 0.29) is 5.91 Å². The Morgan fingerprint density at radius 3 is 2.63 bits per heavy atom. The summed E-state index contributed by atoms with van der Waals surface area (Å²) < 4.78 is 0. The predicted octanol–water partition coefficient (Wildman–Crippen LogP) is 5.59. The highest BCUT2D eigenvalue weighted by atomic mass is 35.5. The molecule has 0 atom stereocenters. The molecule has 0 radical (unpaired) electrons. The molecule has 0 aliphatic heterocycles. The summed E-state index contributed by atoms with van der Waals surface area (Å²) in [7, 11) is 0. The van der Waals surface area contributed by atoms with Crippen molar-refractivity contribution >= 4 is 28.8 Å². The van der Waals surface area contributed by atoms with Gasteiger partial charge in [-0.1, -0.05) is 42.6 Å². The predicted molar refractivity (Wildman–Crippen MR) is 111 cm³/mol. The molecule has 1 amide bonds. The number of thiophene rings is 1. The summed E-state index contributed by atoms with van der Waals surface area (Å²) in [5, 5.41) is 8.01. The molecule has 1 saturated carbocycles. The topological polar surface area (TPSA) is 42.0 Å². The monoisotopic (exact) mass is 396 g/mol. The average Bonchev–Trinajstić information content (AvgIpc) is 3.39. The Hall–Kier alpha value is -2.17. The molecule has 0 unspecified atom stereocenters. The van der Waals surface area contributed by atoms with Crippen molar-refractivity contribution in [1.82, 2.24) is 10.3 Å². The van der Waals surface area contributed by atoms with E-state index in [9.17, 15) is 4.79 Å². The van der Waals surface area contributed by atoms with E-state index in [1.807, 2.05) is 41.8 Å². The van der Waals surface area contributed by atoms with Crippen LogP contribution in [-0.4, -0.2) is 10.9 Å². The van der Waals surface area contributed by atoms with Gasteiger partial charge in [-0.15, -0.1) is 0 Å². The SMILES string of the molecule is O=C(NCc1cccnc1-c1ccsc1)C1(c2ccc(Cl)cc2)CCCC1. The second-order valence-corrected chi connectivity index (χ2v) is 8.22. The molecular formula is C22H21ClN2OS. The summed E-state index contributed by atoms with van der Waals surface area (Å²) in [6.45, 7) is 0.479. The molecule has 1 aliphatic carbocycles. The van der Waals surface area contributed by atoms with Gasteiger partial charge in [0.2, 0.25) is 5.91 Å². The number of hydrogen-bond acceptors (Lipinski definition) is 3. The molecule has 0 bridgehead atoms. The number of benzene rings is 1. The zero-order valence-electron chi connectivity index (χ0n) is 15.0. The fourth-order valence-electron chi connectivity index (χ4n) is 3.98. The molecule has 2 heterocycles. The minimum atomic E-state index is -0.449. The summed E-state index contributed by atoms with van der Waals surface area (Å²) in [6.07, 6.45) is 5.70. The first-order valence-electron chi connectivity index (χ1n) is 9.20. The van der Waals surface area contributed by atoms with E-state index in [1.54, 1.807) is 17.5 Å². The van der Waals surface area contributed by atoms with Crippen LogP contribution < -0.4 is 5.32 Å². The highest BCUT2D eigenvalue weighted by Crippen LogP contribution is 2.41. The molecule has 0 spiro atoms. The van der Waals surface area contributed by atoms with Crippen LogP contribution in [0, 0.1) is 0 Å². The molecule has 3 aromatic rings. The van der Waals surface area contributed by atoms with Crippen molar-refractivity contribution < 1.29 is 4.79 Å². The maximum atomic E-state index is 13.3. The number of halogens is 1. The first kappa shape index (κ1) is 18.2.